The van der Waals surface area contributed by atoms with Crippen molar-refractivity contribution in [1.82, 2.24) is 15.1 Å². The van der Waals surface area contributed by atoms with Crippen LogP contribution < -0.4 is 15.4 Å². The number of benzene rings is 2. The molecule has 3 amide bonds. The highest BCUT2D eigenvalue weighted by atomic mass is 32.1. The summed E-state index contributed by atoms with van der Waals surface area (Å²) in [6, 6.07) is 12.8. The van der Waals surface area contributed by atoms with Gasteiger partial charge in [0, 0.05) is 30.4 Å². The molecule has 0 radical (unpaired) electrons. The lowest BCUT2D eigenvalue weighted by Crippen LogP contribution is -2.40. The Kier molecular flexibility index (Phi) is 7.13. The summed E-state index contributed by atoms with van der Waals surface area (Å²) in [5.41, 5.74) is 1.08. The minimum Gasteiger partial charge on any atom is -0.494 e. The first-order valence-electron chi connectivity index (χ1n) is 10.7. The van der Waals surface area contributed by atoms with Crippen LogP contribution in [0, 0.1) is 5.82 Å². The molecule has 10 heteroatoms. The Morgan fingerprint density at radius 2 is 1.85 bits per heavy atom. The highest BCUT2D eigenvalue weighted by Crippen LogP contribution is 2.30. The maximum atomic E-state index is 13.3. The van der Waals surface area contributed by atoms with E-state index in [1.807, 2.05) is 31.2 Å². The molecule has 1 aliphatic rings. The summed E-state index contributed by atoms with van der Waals surface area (Å²) in [5, 5.41) is 14.7. The van der Waals surface area contributed by atoms with E-state index in [0.717, 1.165) is 23.6 Å². The molecule has 33 heavy (non-hydrogen) atoms. The molecule has 1 saturated heterocycles. The van der Waals surface area contributed by atoms with Crippen molar-refractivity contribution in [2.24, 2.45) is 0 Å². The number of likely N-dealkylation sites (tertiary alicyclic amines) is 1. The van der Waals surface area contributed by atoms with Crippen LogP contribution in [0.25, 0.3) is 0 Å². The molecule has 2 heterocycles. The van der Waals surface area contributed by atoms with Crippen molar-refractivity contribution in [2.45, 2.75) is 25.7 Å². The predicted molar refractivity (Wildman–Crippen MR) is 124 cm³/mol. The van der Waals surface area contributed by atoms with Crippen molar-refractivity contribution in [1.29, 1.82) is 0 Å². The molecule has 8 nitrogen and oxygen atoms in total. The van der Waals surface area contributed by atoms with E-state index in [1.54, 1.807) is 11.0 Å². The Morgan fingerprint density at radius 3 is 2.55 bits per heavy atom. The highest BCUT2D eigenvalue weighted by molar-refractivity contribution is 7.13. The zero-order valence-corrected chi connectivity index (χ0v) is 18.9. The first kappa shape index (κ1) is 22.7. The molecule has 1 fully saturated rings. The second-order valence-corrected chi connectivity index (χ2v) is 8.57. The molecular weight excluding hydrogens is 445 g/mol. The van der Waals surface area contributed by atoms with Crippen molar-refractivity contribution in [3.8, 4) is 5.75 Å². The summed E-state index contributed by atoms with van der Waals surface area (Å²) in [5.74, 6) is 0.0469. The number of halogens is 1. The summed E-state index contributed by atoms with van der Waals surface area (Å²) in [7, 11) is 0. The van der Waals surface area contributed by atoms with Crippen LogP contribution in [0.5, 0.6) is 5.75 Å². The third kappa shape index (κ3) is 5.83. The Balaban J connectivity index is 1.28. The maximum absolute atomic E-state index is 13.3. The van der Waals surface area contributed by atoms with Gasteiger partial charge in [-0.1, -0.05) is 17.4 Å². The van der Waals surface area contributed by atoms with E-state index in [1.165, 1.54) is 29.5 Å². The number of amides is 3. The molecule has 0 unspecified atom stereocenters. The van der Waals surface area contributed by atoms with Gasteiger partial charge in [0.15, 0.2) is 0 Å². The largest absolute Gasteiger partial charge is 0.494 e. The van der Waals surface area contributed by atoms with Crippen LogP contribution in [0.4, 0.5) is 20.6 Å². The molecule has 1 aromatic heterocycles. The van der Waals surface area contributed by atoms with E-state index < -0.39 is 11.7 Å². The quantitative estimate of drug-likeness (QED) is 0.544. The number of hydrogen-bond acceptors (Lipinski definition) is 6. The number of nitrogens with one attached hydrogen (secondary N) is 2. The molecule has 2 aromatic carbocycles. The Labute approximate surface area is 194 Å². The van der Waals surface area contributed by atoms with E-state index in [9.17, 15) is 14.0 Å². The molecule has 0 atom stereocenters. The number of nitrogens with zero attached hydrogens (tertiary/aromatic N) is 3. The van der Waals surface area contributed by atoms with Gasteiger partial charge in [-0.05, 0) is 62.2 Å². The number of ether oxygens (including phenoxy) is 1. The summed E-state index contributed by atoms with van der Waals surface area (Å²) >= 11 is 1.23. The van der Waals surface area contributed by atoms with Gasteiger partial charge in [-0.15, -0.1) is 10.2 Å². The number of rotatable bonds is 6. The summed E-state index contributed by atoms with van der Waals surface area (Å²) in [6.07, 6.45) is 1.47. The summed E-state index contributed by atoms with van der Waals surface area (Å²) in [4.78, 5) is 26.8. The number of carbonyl (C=O) groups excluding carboxylic acids is 2. The van der Waals surface area contributed by atoms with Crippen LogP contribution in [0.1, 0.15) is 40.5 Å². The number of piperidine rings is 1. The third-order valence-electron chi connectivity index (χ3n) is 5.27. The smallest absolute Gasteiger partial charge is 0.321 e. The number of hydrogen-bond donors (Lipinski definition) is 2. The normalized spacial score (nSPS) is 14.1. The first-order valence-corrected chi connectivity index (χ1v) is 11.5. The lowest BCUT2D eigenvalue weighted by atomic mass is 9.98. The monoisotopic (exact) mass is 469 g/mol. The van der Waals surface area contributed by atoms with Gasteiger partial charge in [0.25, 0.3) is 5.91 Å². The van der Waals surface area contributed by atoms with Crippen LogP contribution in [0.2, 0.25) is 0 Å². The van der Waals surface area contributed by atoms with Gasteiger partial charge in [0.2, 0.25) is 5.01 Å². The fraction of sp³-hybridized carbons (Fsp3) is 0.304. The molecule has 3 aromatic rings. The molecule has 1 aliphatic heterocycles. The Morgan fingerprint density at radius 1 is 1.09 bits per heavy atom. The van der Waals surface area contributed by atoms with E-state index in [-0.39, 0.29) is 17.0 Å². The van der Waals surface area contributed by atoms with Crippen LogP contribution in [-0.2, 0) is 0 Å². The molecule has 172 valence electrons. The summed E-state index contributed by atoms with van der Waals surface area (Å²) < 4.78 is 18.7. The van der Waals surface area contributed by atoms with Crippen molar-refractivity contribution in [2.75, 3.05) is 30.3 Å². The number of carbonyl (C=O) groups is 2. The number of aromatic nitrogens is 2. The van der Waals surface area contributed by atoms with Gasteiger partial charge >= 0.3 is 6.03 Å². The molecule has 0 saturated carbocycles. The van der Waals surface area contributed by atoms with Crippen molar-refractivity contribution in [3.63, 3.8) is 0 Å². The summed E-state index contributed by atoms with van der Waals surface area (Å²) in [6.45, 7) is 3.67. The molecule has 0 aliphatic carbocycles. The van der Waals surface area contributed by atoms with Crippen LogP contribution in [0.15, 0.2) is 48.5 Å². The van der Waals surface area contributed by atoms with Gasteiger partial charge < -0.3 is 20.3 Å². The maximum Gasteiger partial charge on any atom is 0.321 e. The second-order valence-electron chi connectivity index (χ2n) is 7.56. The van der Waals surface area contributed by atoms with Gasteiger partial charge in [0.05, 0.1) is 6.61 Å². The fourth-order valence-corrected chi connectivity index (χ4v) is 4.48. The molecule has 0 bridgehead atoms. The average Bonchev–Trinajstić information content (AvgIpc) is 3.31. The molecule has 4 rings (SSSR count). The lowest BCUT2D eigenvalue weighted by Gasteiger charge is -2.31. The Hall–Kier alpha value is -3.53. The number of urea groups is 1. The topological polar surface area (TPSA) is 96.4 Å². The van der Waals surface area contributed by atoms with Gasteiger partial charge in [-0.2, -0.15) is 0 Å². The Bertz CT molecular complexity index is 1110. The van der Waals surface area contributed by atoms with Crippen molar-refractivity contribution < 1.29 is 18.7 Å². The lowest BCUT2D eigenvalue weighted by molar-refractivity contribution is 0.102. The molecule has 2 N–H and O–H groups in total. The minimum absolute atomic E-state index is 0.132. The van der Waals surface area contributed by atoms with Crippen molar-refractivity contribution in [3.05, 3.63) is 64.4 Å². The van der Waals surface area contributed by atoms with Gasteiger partial charge in [-0.3, -0.25) is 4.79 Å². The minimum atomic E-state index is -0.427. The SMILES string of the molecule is CCOc1ccc(NC(=O)N2CCC(c3nnc(C(=O)Nc4cccc(F)c4)s3)CC2)cc1. The van der Waals surface area contributed by atoms with E-state index in [0.29, 0.717) is 31.1 Å². The zero-order chi connectivity index (χ0) is 23.2. The fourth-order valence-electron chi connectivity index (χ4n) is 3.58. The number of anilines is 2. The van der Waals surface area contributed by atoms with Gasteiger partial charge in [0.1, 0.15) is 16.6 Å². The first-order chi connectivity index (χ1) is 16.0. The standard InChI is InChI=1S/C23H24FN5O3S/c1-2-32-19-8-6-17(7-9-19)26-23(31)29-12-10-15(11-13-29)21-27-28-22(33-21)20(30)25-18-5-3-4-16(24)14-18/h3-9,14-15H,2,10-13H2,1H3,(H,25,30)(H,26,31). The van der Waals surface area contributed by atoms with Gasteiger partial charge in [-0.25, -0.2) is 9.18 Å². The van der Waals surface area contributed by atoms with E-state index >= 15 is 0 Å². The third-order valence-corrected chi connectivity index (χ3v) is 6.35. The van der Waals surface area contributed by atoms with Crippen LogP contribution in [-0.4, -0.2) is 46.7 Å². The molecule has 0 spiro atoms. The second kappa shape index (κ2) is 10.4. The van der Waals surface area contributed by atoms with Crippen LogP contribution >= 0.6 is 11.3 Å². The van der Waals surface area contributed by atoms with E-state index in [2.05, 4.69) is 20.8 Å². The predicted octanol–water partition coefficient (Wildman–Crippen LogP) is 4.74. The van der Waals surface area contributed by atoms with E-state index in [4.69, 9.17) is 4.74 Å². The molecular formula is C23H24FN5O3S. The van der Waals surface area contributed by atoms with Crippen LogP contribution in [0.3, 0.4) is 0 Å². The average molecular weight is 470 g/mol. The highest BCUT2D eigenvalue weighted by Gasteiger charge is 2.27. The van der Waals surface area contributed by atoms with Crippen molar-refractivity contribution >= 4 is 34.6 Å². The zero-order valence-electron chi connectivity index (χ0n) is 18.1.